The summed E-state index contributed by atoms with van der Waals surface area (Å²) < 4.78 is 13.0. The van der Waals surface area contributed by atoms with Crippen molar-refractivity contribution < 1.29 is 14.0 Å². The zero-order valence-electron chi connectivity index (χ0n) is 23.5. The zero-order valence-corrected chi connectivity index (χ0v) is 24.5. The summed E-state index contributed by atoms with van der Waals surface area (Å²) in [6, 6.07) is 31.2. The van der Waals surface area contributed by atoms with Crippen molar-refractivity contribution in [1.29, 1.82) is 0 Å². The van der Waals surface area contributed by atoms with E-state index in [1.165, 1.54) is 10.4 Å². The molecule has 3 rings (SSSR count). The van der Waals surface area contributed by atoms with Crippen LogP contribution >= 0.6 is 0 Å². The number of carbonyl (C=O) groups excluding carboxylic acids is 1. The maximum Gasteiger partial charge on any atom is 0.307 e. The van der Waals surface area contributed by atoms with Gasteiger partial charge in [0.15, 0.2) is 0 Å². The number of rotatable bonds is 10. The molecular weight excluding hydrogens is 474 g/mol. The number of carbonyl (C=O) groups is 1. The van der Waals surface area contributed by atoms with Gasteiger partial charge < -0.3 is 14.5 Å². The van der Waals surface area contributed by atoms with Crippen molar-refractivity contribution in [2.24, 2.45) is 0 Å². The van der Waals surface area contributed by atoms with Crippen LogP contribution in [0, 0.1) is 0 Å². The van der Waals surface area contributed by atoms with Crippen LogP contribution in [-0.2, 0) is 20.5 Å². The molecule has 0 saturated heterocycles. The Morgan fingerprint density at radius 3 is 1.68 bits per heavy atom. The summed E-state index contributed by atoms with van der Waals surface area (Å²) in [5, 5.41) is 5.92. The van der Waals surface area contributed by atoms with Gasteiger partial charge in [-0.05, 0) is 48.7 Å². The van der Waals surface area contributed by atoms with Gasteiger partial charge in [-0.1, -0.05) is 112 Å². The molecule has 0 bridgehead atoms. The molecule has 0 amide bonds. The Hall–Kier alpha value is -2.73. The number of hydrogen-bond donors (Lipinski definition) is 1. The molecule has 0 spiro atoms. The van der Waals surface area contributed by atoms with Gasteiger partial charge in [0.2, 0.25) is 0 Å². The molecule has 198 valence electrons. The van der Waals surface area contributed by atoms with Gasteiger partial charge in [-0.15, -0.1) is 0 Å². The number of nitrogens with one attached hydrogen (secondary N) is 1. The van der Waals surface area contributed by atoms with Crippen molar-refractivity contribution in [2.75, 3.05) is 0 Å². The van der Waals surface area contributed by atoms with Gasteiger partial charge in [-0.2, -0.15) is 0 Å². The SMILES string of the molecule is C[C@H](O[Si](c1ccccc1)(c1ccccc1)C(C)(C)C)[C@@H](CC(=O)OC(C)(C)C)NCc1ccccc1. The highest BCUT2D eigenvalue weighted by atomic mass is 28.4. The molecule has 0 saturated carbocycles. The first kappa shape index (κ1) is 28.8. The van der Waals surface area contributed by atoms with Crippen LogP contribution in [0.2, 0.25) is 5.04 Å². The first-order valence-corrected chi connectivity index (χ1v) is 15.1. The summed E-state index contributed by atoms with van der Waals surface area (Å²) in [7, 11) is -2.77. The molecule has 0 radical (unpaired) electrons. The highest BCUT2D eigenvalue weighted by Crippen LogP contribution is 2.38. The van der Waals surface area contributed by atoms with Gasteiger partial charge in [0.05, 0.1) is 12.5 Å². The molecule has 0 heterocycles. The molecule has 3 aromatic carbocycles. The molecule has 4 nitrogen and oxygen atoms in total. The van der Waals surface area contributed by atoms with Gasteiger partial charge in [0.25, 0.3) is 8.32 Å². The number of esters is 1. The highest BCUT2D eigenvalue weighted by molar-refractivity contribution is 6.99. The van der Waals surface area contributed by atoms with Crippen LogP contribution < -0.4 is 15.7 Å². The second kappa shape index (κ2) is 12.2. The van der Waals surface area contributed by atoms with Gasteiger partial charge >= 0.3 is 5.97 Å². The summed E-state index contributed by atoms with van der Waals surface area (Å²) in [4.78, 5) is 13.0. The summed E-state index contributed by atoms with van der Waals surface area (Å²) in [5.41, 5.74) is 0.623. The zero-order chi connectivity index (χ0) is 27.1. The fourth-order valence-electron chi connectivity index (χ4n) is 4.86. The Kier molecular flexibility index (Phi) is 9.51. The average Bonchev–Trinajstić information content (AvgIpc) is 2.84. The summed E-state index contributed by atoms with van der Waals surface area (Å²) in [6.07, 6.45) is -0.0220. The third-order valence-corrected chi connectivity index (χ3v) is 11.7. The maximum atomic E-state index is 13.0. The van der Waals surface area contributed by atoms with Crippen LogP contribution in [0.15, 0.2) is 91.0 Å². The fourth-order valence-corrected chi connectivity index (χ4v) is 9.60. The van der Waals surface area contributed by atoms with Crippen molar-refractivity contribution in [3.63, 3.8) is 0 Å². The van der Waals surface area contributed by atoms with Gasteiger partial charge in [-0.3, -0.25) is 4.79 Å². The quantitative estimate of drug-likeness (QED) is 0.271. The molecular formula is C32H43NO3Si. The number of benzene rings is 3. The van der Waals surface area contributed by atoms with Crippen molar-refractivity contribution >= 4 is 24.7 Å². The fraction of sp³-hybridized carbons (Fsp3) is 0.406. The predicted octanol–water partition coefficient (Wildman–Crippen LogP) is 5.84. The average molecular weight is 518 g/mol. The Bertz CT molecular complexity index is 1070. The molecule has 0 unspecified atom stereocenters. The van der Waals surface area contributed by atoms with Gasteiger partial charge in [0, 0.05) is 12.6 Å². The second-order valence-electron chi connectivity index (χ2n) is 11.7. The molecule has 0 aliphatic carbocycles. The van der Waals surface area contributed by atoms with E-state index in [9.17, 15) is 4.79 Å². The standard InChI is InChI=1S/C32H43NO3Si/c1-25(29(23-30(34)35-31(2,3)4)33-24-26-17-11-8-12-18-26)36-37(32(5,6)7,27-19-13-9-14-20-27)28-21-15-10-16-22-28/h8-22,25,29,33H,23-24H2,1-7H3/t25-,29+/m0/s1. The van der Waals surface area contributed by atoms with Crippen LogP contribution in [0.4, 0.5) is 0 Å². The Morgan fingerprint density at radius 2 is 1.24 bits per heavy atom. The Morgan fingerprint density at radius 1 is 0.784 bits per heavy atom. The van der Waals surface area contributed by atoms with Crippen molar-refractivity contribution in [2.45, 2.75) is 84.2 Å². The number of ether oxygens (including phenoxy) is 1. The summed E-state index contributed by atoms with van der Waals surface area (Å²) in [6.45, 7) is 15.2. The molecule has 0 aliphatic heterocycles. The van der Waals surface area contributed by atoms with Gasteiger partial charge in [-0.25, -0.2) is 0 Å². The van der Waals surface area contributed by atoms with E-state index in [4.69, 9.17) is 9.16 Å². The Labute approximate surface area is 224 Å². The summed E-state index contributed by atoms with van der Waals surface area (Å²) in [5.74, 6) is -0.226. The van der Waals surface area contributed by atoms with Crippen molar-refractivity contribution in [3.8, 4) is 0 Å². The topological polar surface area (TPSA) is 47.6 Å². The monoisotopic (exact) mass is 517 g/mol. The second-order valence-corrected chi connectivity index (χ2v) is 16.0. The lowest BCUT2D eigenvalue weighted by Crippen LogP contribution is -2.68. The summed E-state index contributed by atoms with van der Waals surface area (Å²) >= 11 is 0. The van der Waals surface area contributed by atoms with E-state index in [-0.39, 0.29) is 29.6 Å². The van der Waals surface area contributed by atoms with Crippen LogP contribution in [0.1, 0.15) is 60.5 Å². The van der Waals surface area contributed by atoms with E-state index in [0.29, 0.717) is 6.54 Å². The van der Waals surface area contributed by atoms with E-state index >= 15 is 0 Å². The van der Waals surface area contributed by atoms with E-state index < -0.39 is 13.9 Å². The predicted molar refractivity (Wildman–Crippen MR) is 156 cm³/mol. The minimum atomic E-state index is -2.77. The lowest BCUT2D eigenvalue weighted by atomic mass is 10.1. The smallest absolute Gasteiger partial charge is 0.307 e. The molecule has 5 heteroatoms. The molecule has 0 fully saturated rings. The maximum absolute atomic E-state index is 13.0. The first-order chi connectivity index (χ1) is 17.4. The number of hydrogen-bond acceptors (Lipinski definition) is 4. The molecule has 1 N–H and O–H groups in total. The lowest BCUT2D eigenvalue weighted by molar-refractivity contribution is -0.156. The van der Waals surface area contributed by atoms with E-state index in [0.717, 1.165) is 5.56 Å². The van der Waals surface area contributed by atoms with E-state index in [1.54, 1.807) is 0 Å². The minimum absolute atomic E-state index is 0.153. The van der Waals surface area contributed by atoms with E-state index in [2.05, 4.69) is 93.7 Å². The molecule has 0 aliphatic rings. The third kappa shape index (κ3) is 7.63. The van der Waals surface area contributed by atoms with Crippen LogP contribution in [-0.4, -0.2) is 32.0 Å². The van der Waals surface area contributed by atoms with Crippen molar-refractivity contribution in [3.05, 3.63) is 96.6 Å². The third-order valence-electron chi connectivity index (χ3n) is 6.56. The van der Waals surface area contributed by atoms with Gasteiger partial charge in [0.1, 0.15) is 5.60 Å². The lowest BCUT2D eigenvalue weighted by Gasteiger charge is -2.46. The van der Waals surface area contributed by atoms with Crippen LogP contribution in [0.25, 0.3) is 0 Å². The first-order valence-electron chi connectivity index (χ1n) is 13.2. The van der Waals surface area contributed by atoms with Crippen LogP contribution in [0.5, 0.6) is 0 Å². The molecule has 3 aromatic rings. The molecule has 2 atom stereocenters. The van der Waals surface area contributed by atoms with E-state index in [1.807, 2.05) is 51.1 Å². The molecule has 37 heavy (non-hydrogen) atoms. The van der Waals surface area contributed by atoms with Crippen LogP contribution in [0.3, 0.4) is 0 Å². The van der Waals surface area contributed by atoms with Crippen molar-refractivity contribution in [1.82, 2.24) is 5.32 Å². The largest absolute Gasteiger partial charge is 0.460 e. The molecule has 0 aromatic heterocycles. The minimum Gasteiger partial charge on any atom is -0.460 e. The highest BCUT2D eigenvalue weighted by Gasteiger charge is 2.51. The Balaban J connectivity index is 2.00. The normalized spacial score (nSPS) is 14.1.